The van der Waals surface area contributed by atoms with Gasteiger partial charge in [0.15, 0.2) is 0 Å². The van der Waals surface area contributed by atoms with E-state index >= 15 is 0 Å². The number of hydrogen-bond donors (Lipinski definition) is 4. The molecular formula is C13H28S7. The van der Waals surface area contributed by atoms with Gasteiger partial charge >= 0.3 is 0 Å². The Morgan fingerprint density at radius 1 is 0.800 bits per heavy atom. The van der Waals surface area contributed by atoms with Gasteiger partial charge in [-0.25, -0.2) is 0 Å². The molecule has 0 nitrogen and oxygen atoms in total. The van der Waals surface area contributed by atoms with E-state index in [1.807, 2.05) is 23.5 Å². The predicted octanol–water partition coefficient (Wildman–Crippen LogP) is 4.67. The zero-order valence-electron chi connectivity index (χ0n) is 12.3. The van der Waals surface area contributed by atoms with Crippen molar-refractivity contribution in [1.29, 1.82) is 0 Å². The van der Waals surface area contributed by atoms with Gasteiger partial charge in [0, 0.05) is 33.0 Å². The van der Waals surface area contributed by atoms with E-state index in [9.17, 15) is 0 Å². The lowest BCUT2D eigenvalue weighted by molar-refractivity contribution is 0.668. The van der Waals surface area contributed by atoms with Crippen molar-refractivity contribution >= 4 is 85.8 Å². The SMILES string of the molecule is CC(S)C(CSCCS)CSCC(SCCS)C(C)S. The standard InChI is InChI=1S/C13H28S7/c1-10(16)12(7-18-5-3-14)8-19-9-13(11(2)17)20-6-4-15/h10-17H,3-9H2,1-2H3. The van der Waals surface area contributed by atoms with Crippen molar-refractivity contribution < 1.29 is 0 Å². The van der Waals surface area contributed by atoms with Gasteiger partial charge in [0.05, 0.1) is 0 Å². The first kappa shape index (κ1) is 22.4. The molecule has 7 heteroatoms. The molecule has 4 unspecified atom stereocenters. The first-order valence-electron chi connectivity index (χ1n) is 6.87. The lowest BCUT2D eigenvalue weighted by atomic mass is 10.1. The van der Waals surface area contributed by atoms with Crippen molar-refractivity contribution in [2.24, 2.45) is 5.92 Å². The van der Waals surface area contributed by atoms with Gasteiger partial charge in [-0.05, 0) is 28.9 Å². The molecule has 4 atom stereocenters. The maximum atomic E-state index is 4.64. The summed E-state index contributed by atoms with van der Waals surface area (Å²) in [5.74, 6) is 8.42. The molecule has 0 aliphatic carbocycles. The Balaban J connectivity index is 3.99. The van der Waals surface area contributed by atoms with E-state index in [-0.39, 0.29) is 0 Å². The Labute approximate surface area is 160 Å². The molecule has 0 amide bonds. The molecule has 0 N–H and O–H groups in total. The van der Waals surface area contributed by atoms with Gasteiger partial charge in [-0.15, -0.1) is 0 Å². The van der Waals surface area contributed by atoms with E-state index in [0.29, 0.717) is 21.7 Å². The van der Waals surface area contributed by atoms with Gasteiger partial charge in [0.25, 0.3) is 0 Å². The summed E-state index contributed by atoms with van der Waals surface area (Å²) in [5, 5.41) is 1.53. The third kappa shape index (κ3) is 11.9. The number of thiol groups is 4. The van der Waals surface area contributed by atoms with Gasteiger partial charge in [0.1, 0.15) is 0 Å². The molecule has 0 heterocycles. The predicted molar refractivity (Wildman–Crippen MR) is 119 cm³/mol. The number of hydrogen-bond acceptors (Lipinski definition) is 7. The molecule has 0 saturated carbocycles. The molecular weight excluding hydrogens is 381 g/mol. The van der Waals surface area contributed by atoms with Crippen LogP contribution in [0.15, 0.2) is 0 Å². The monoisotopic (exact) mass is 408 g/mol. The van der Waals surface area contributed by atoms with E-state index < -0.39 is 0 Å². The summed E-state index contributed by atoms with van der Waals surface area (Å²) in [5.41, 5.74) is 0. The molecule has 0 fully saturated rings. The van der Waals surface area contributed by atoms with E-state index in [0.717, 1.165) is 23.0 Å². The average molecular weight is 409 g/mol. The van der Waals surface area contributed by atoms with Gasteiger partial charge < -0.3 is 0 Å². The molecule has 0 spiro atoms. The Hall–Kier alpha value is 2.45. The second-order valence-electron chi connectivity index (χ2n) is 4.71. The van der Waals surface area contributed by atoms with Crippen LogP contribution in [0.5, 0.6) is 0 Å². The van der Waals surface area contributed by atoms with Crippen molar-refractivity contribution in [3.8, 4) is 0 Å². The summed E-state index contributed by atoms with van der Waals surface area (Å²) in [6.07, 6.45) is 0. The molecule has 0 aromatic rings. The van der Waals surface area contributed by atoms with E-state index in [1.165, 1.54) is 17.3 Å². The minimum absolute atomic E-state index is 0.442. The normalized spacial score (nSPS) is 17.7. The highest BCUT2D eigenvalue weighted by atomic mass is 32.2. The Bertz CT molecular complexity index is 211. The fourth-order valence-electron chi connectivity index (χ4n) is 1.49. The topological polar surface area (TPSA) is 0 Å². The van der Waals surface area contributed by atoms with Crippen LogP contribution >= 0.6 is 85.8 Å². The molecule has 0 aliphatic heterocycles. The first-order valence-corrected chi connectivity index (χ1v) is 12.5. The molecule has 0 bridgehead atoms. The Morgan fingerprint density at radius 3 is 1.90 bits per heavy atom. The minimum atomic E-state index is 0.442. The highest BCUT2D eigenvalue weighted by Crippen LogP contribution is 2.26. The zero-order valence-corrected chi connectivity index (χ0v) is 18.3. The molecule has 0 rings (SSSR count). The van der Waals surface area contributed by atoms with Crippen LogP contribution in [0.25, 0.3) is 0 Å². The summed E-state index contributed by atoms with van der Waals surface area (Å²) in [6, 6.07) is 0. The fraction of sp³-hybridized carbons (Fsp3) is 1.00. The number of thioether (sulfide) groups is 3. The minimum Gasteiger partial charge on any atom is -0.179 e. The van der Waals surface area contributed by atoms with Crippen molar-refractivity contribution in [3.63, 3.8) is 0 Å². The molecule has 0 saturated heterocycles. The van der Waals surface area contributed by atoms with E-state index in [1.54, 1.807) is 0 Å². The zero-order chi connectivity index (χ0) is 15.4. The largest absolute Gasteiger partial charge is 0.179 e. The summed E-state index contributed by atoms with van der Waals surface area (Å²) >= 11 is 23.9. The maximum absolute atomic E-state index is 4.64. The van der Waals surface area contributed by atoms with Gasteiger partial charge in [0.2, 0.25) is 0 Å². The second-order valence-corrected chi connectivity index (χ2v) is 10.8. The summed E-state index contributed by atoms with van der Waals surface area (Å²) in [7, 11) is 0. The Morgan fingerprint density at radius 2 is 1.40 bits per heavy atom. The van der Waals surface area contributed by atoms with Crippen LogP contribution in [-0.4, -0.2) is 56.0 Å². The first-order chi connectivity index (χ1) is 9.52. The van der Waals surface area contributed by atoms with Crippen LogP contribution < -0.4 is 0 Å². The summed E-state index contributed by atoms with van der Waals surface area (Å²) in [6.45, 7) is 4.41. The van der Waals surface area contributed by atoms with Crippen LogP contribution in [0.2, 0.25) is 0 Å². The fourth-order valence-corrected chi connectivity index (χ4v) is 7.08. The van der Waals surface area contributed by atoms with E-state index in [4.69, 9.17) is 0 Å². The second kappa shape index (κ2) is 15.0. The van der Waals surface area contributed by atoms with Gasteiger partial charge in [-0.2, -0.15) is 85.8 Å². The smallest absolute Gasteiger partial charge is 0.0252 e. The lowest BCUT2D eigenvalue weighted by Gasteiger charge is -2.23. The van der Waals surface area contributed by atoms with E-state index in [2.05, 4.69) is 76.1 Å². The van der Waals surface area contributed by atoms with Crippen molar-refractivity contribution in [2.45, 2.75) is 29.6 Å². The third-order valence-corrected chi connectivity index (χ3v) is 8.93. The van der Waals surface area contributed by atoms with Crippen molar-refractivity contribution in [2.75, 3.05) is 40.3 Å². The highest BCUT2D eigenvalue weighted by Gasteiger charge is 2.18. The lowest BCUT2D eigenvalue weighted by Crippen LogP contribution is -2.22. The maximum Gasteiger partial charge on any atom is 0.0252 e. The average Bonchev–Trinajstić information content (AvgIpc) is 2.40. The number of rotatable bonds is 13. The van der Waals surface area contributed by atoms with Gasteiger partial charge in [-0.1, -0.05) is 13.8 Å². The summed E-state index contributed by atoms with van der Waals surface area (Å²) in [4.78, 5) is 0. The van der Waals surface area contributed by atoms with Crippen LogP contribution in [0.4, 0.5) is 0 Å². The van der Waals surface area contributed by atoms with Crippen molar-refractivity contribution in [1.82, 2.24) is 0 Å². The van der Waals surface area contributed by atoms with Crippen LogP contribution in [0, 0.1) is 5.92 Å². The third-order valence-electron chi connectivity index (χ3n) is 2.83. The van der Waals surface area contributed by atoms with Crippen LogP contribution in [-0.2, 0) is 0 Å². The molecule has 0 radical (unpaired) electrons. The molecule has 0 aliphatic rings. The summed E-state index contributed by atoms with van der Waals surface area (Å²) < 4.78 is 0. The molecule has 0 aromatic carbocycles. The molecule has 0 aromatic heterocycles. The van der Waals surface area contributed by atoms with Crippen LogP contribution in [0.3, 0.4) is 0 Å². The quantitative estimate of drug-likeness (QED) is 0.258. The highest BCUT2D eigenvalue weighted by molar-refractivity contribution is 8.04. The molecule has 122 valence electrons. The van der Waals surface area contributed by atoms with Gasteiger partial charge in [-0.3, -0.25) is 0 Å². The Kier molecular flexibility index (Phi) is 16.8. The van der Waals surface area contributed by atoms with Crippen molar-refractivity contribution in [3.05, 3.63) is 0 Å². The molecule has 20 heavy (non-hydrogen) atoms. The van der Waals surface area contributed by atoms with Crippen LogP contribution in [0.1, 0.15) is 13.8 Å².